The van der Waals surface area contributed by atoms with Crippen molar-refractivity contribution < 1.29 is 9.53 Å². The van der Waals surface area contributed by atoms with Gasteiger partial charge >= 0.3 is 0 Å². The van der Waals surface area contributed by atoms with Gasteiger partial charge in [0.15, 0.2) is 0 Å². The van der Waals surface area contributed by atoms with Crippen LogP contribution in [0.1, 0.15) is 33.7 Å². The van der Waals surface area contributed by atoms with Crippen LogP contribution in [-0.2, 0) is 17.7 Å². The van der Waals surface area contributed by atoms with Gasteiger partial charge in [0.05, 0.1) is 30.7 Å². The number of hydrogen-bond acceptors (Lipinski definition) is 7. The number of aromatic nitrogens is 6. The SMILES string of the molecule is Cc1nc2ncnn2c(NC[C@@H]2CCn3ncc(C(=O)N4CCOCC4)c3C2)c1C. The van der Waals surface area contributed by atoms with Gasteiger partial charge in [-0.05, 0) is 32.6 Å². The minimum atomic E-state index is 0.0677. The van der Waals surface area contributed by atoms with Crippen molar-refractivity contribution in [2.24, 2.45) is 5.92 Å². The predicted molar refractivity (Wildman–Crippen MR) is 110 cm³/mol. The molecule has 3 aromatic rings. The molecule has 158 valence electrons. The smallest absolute Gasteiger partial charge is 0.257 e. The lowest BCUT2D eigenvalue weighted by Crippen LogP contribution is -2.41. The van der Waals surface area contributed by atoms with Crippen molar-refractivity contribution in [1.82, 2.24) is 34.3 Å². The first kappa shape index (κ1) is 19.0. The van der Waals surface area contributed by atoms with Crippen LogP contribution in [0, 0.1) is 19.8 Å². The predicted octanol–water partition coefficient (Wildman–Crippen LogP) is 1.08. The third kappa shape index (κ3) is 3.30. The number of nitrogens with one attached hydrogen (secondary N) is 1. The maximum absolute atomic E-state index is 13.0. The summed E-state index contributed by atoms with van der Waals surface area (Å²) in [5, 5.41) is 12.3. The van der Waals surface area contributed by atoms with E-state index in [2.05, 4.69) is 25.5 Å². The van der Waals surface area contributed by atoms with Crippen LogP contribution in [0.15, 0.2) is 12.5 Å². The second kappa shape index (κ2) is 7.67. The van der Waals surface area contributed by atoms with Crippen LogP contribution in [-0.4, -0.2) is 73.0 Å². The average Bonchev–Trinajstić information content (AvgIpc) is 3.40. The molecule has 0 bridgehead atoms. The minimum Gasteiger partial charge on any atom is -0.378 e. The molecule has 0 aliphatic carbocycles. The molecule has 1 saturated heterocycles. The van der Waals surface area contributed by atoms with Gasteiger partial charge in [-0.2, -0.15) is 19.7 Å². The van der Waals surface area contributed by atoms with Crippen LogP contribution in [0.25, 0.3) is 5.78 Å². The average molecular weight is 410 g/mol. The van der Waals surface area contributed by atoms with Gasteiger partial charge in [0.25, 0.3) is 11.7 Å². The molecule has 1 N–H and O–H groups in total. The van der Waals surface area contributed by atoms with E-state index in [0.717, 1.165) is 54.3 Å². The zero-order valence-corrected chi connectivity index (χ0v) is 17.3. The summed E-state index contributed by atoms with van der Waals surface area (Å²) in [6.45, 7) is 8.12. The Kier molecular flexibility index (Phi) is 4.86. The maximum atomic E-state index is 13.0. The molecular weight excluding hydrogens is 384 g/mol. The zero-order chi connectivity index (χ0) is 20.7. The van der Waals surface area contributed by atoms with Crippen LogP contribution in [0.5, 0.6) is 0 Å². The molecule has 0 radical (unpaired) electrons. The van der Waals surface area contributed by atoms with Crippen molar-refractivity contribution >= 4 is 17.5 Å². The standard InChI is InChI=1S/C20H26N8O2/c1-13-14(2)25-20-22-12-24-28(20)18(13)21-10-15-3-4-27-17(9-15)16(11-23-27)19(29)26-5-7-30-8-6-26/h11-12,15,21H,3-10H2,1-2H3/t15-/m1/s1. The van der Waals surface area contributed by atoms with E-state index < -0.39 is 0 Å². The molecule has 1 amide bonds. The van der Waals surface area contributed by atoms with Crippen LogP contribution < -0.4 is 5.32 Å². The molecule has 3 aromatic heterocycles. The molecule has 1 fully saturated rings. The van der Waals surface area contributed by atoms with Crippen molar-refractivity contribution in [3.8, 4) is 0 Å². The summed E-state index contributed by atoms with van der Waals surface area (Å²) in [6, 6.07) is 0. The lowest BCUT2D eigenvalue weighted by Gasteiger charge is -2.28. The van der Waals surface area contributed by atoms with Gasteiger partial charge in [0, 0.05) is 37.4 Å². The van der Waals surface area contributed by atoms with Crippen molar-refractivity contribution in [3.05, 3.63) is 35.0 Å². The second-order valence-corrected chi connectivity index (χ2v) is 8.02. The molecular formula is C20H26N8O2. The molecule has 0 unspecified atom stereocenters. The Morgan fingerprint density at radius 1 is 1.23 bits per heavy atom. The number of anilines is 1. The second-order valence-electron chi connectivity index (χ2n) is 8.02. The van der Waals surface area contributed by atoms with E-state index in [0.29, 0.717) is 38.0 Å². The van der Waals surface area contributed by atoms with Gasteiger partial charge < -0.3 is 15.0 Å². The van der Waals surface area contributed by atoms with E-state index in [-0.39, 0.29) is 5.91 Å². The summed E-state index contributed by atoms with van der Waals surface area (Å²) in [5.41, 5.74) is 3.78. The summed E-state index contributed by atoms with van der Waals surface area (Å²) in [5.74, 6) is 1.99. The number of rotatable bonds is 4. The maximum Gasteiger partial charge on any atom is 0.257 e. The van der Waals surface area contributed by atoms with Crippen molar-refractivity contribution in [2.75, 3.05) is 38.2 Å². The zero-order valence-electron chi connectivity index (χ0n) is 17.3. The third-order valence-corrected chi connectivity index (χ3v) is 6.17. The molecule has 10 nitrogen and oxygen atoms in total. The molecule has 2 aliphatic heterocycles. The highest BCUT2D eigenvalue weighted by atomic mass is 16.5. The lowest BCUT2D eigenvalue weighted by atomic mass is 9.94. The third-order valence-electron chi connectivity index (χ3n) is 6.17. The van der Waals surface area contributed by atoms with Crippen LogP contribution in [0.3, 0.4) is 0 Å². The van der Waals surface area contributed by atoms with Gasteiger partial charge in [-0.25, -0.2) is 4.98 Å². The van der Waals surface area contributed by atoms with Crippen molar-refractivity contribution in [3.63, 3.8) is 0 Å². The first-order valence-corrected chi connectivity index (χ1v) is 10.4. The van der Waals surface area contributed by atoms with Crippen LogP contribution >= 0.6 is 0 Å². The highest BCUT2D eigenvalue weighted by Crippen LogP contribution is 2.26. The van der Waals surface area contributed by atoms with E-state index in [1.54, 1.807) is 10.7 Å². The van der Waals surface area contributed by atoms with Gasteiger partial charge in [0.2, 0.25) is 0 Å². The van der Waals surface area contributed by atoms with Crippen LogP contribution in [0.4, 0.5) is 5.82 Å². The molecule has 0 spiro atoms. The van der Waals surface area contributed by atoms with Gasteiger partial charge in [-0.15, -0.1) is 0 Å². The first-order chi connectivity index (χ1) is 14.6. The minimum absolute atomic E-state index is 0.0677. The number of fused-ring (bicyclic) bond motifs is 2. The van der Waals surface area contributed by atoms with Crippen LogP contribution in [0.2, 0.25) is 0 Å². The molecule has 30 heavy (non-hydrogen) atoms. The highest BCUT2D eigenvalue weighted by Gasteiger charge is 2.28. The van der Waals surface area contributed by atoms with E-state index in [1.165, 1.54) is 6.33 Å². The number of carbonyl (C=O) groups excluding carboxylic acids is 1. The Balaban J connectivity index is 1.32. The molecule has 0 saturated carbocycles. The summed E-state index contributed by atoms with van der Waals surface area (Å²) in [4.78, 5) is 23.6. The largest absolute Gasteiger partial charge is 0.378 e. The van der Waals surface area contributed by atoms with E-state index in [1.807, 2.05) is 23.4 Å². The number of ether oxygens (including phenoxy) is 1. The Morgan fingerprint density at radius 2 is 2.07 bits per heavy atom. The fourth-order valence-electron chi connectivity index (χ4n) is 4.27. The van der Waals surface area contributed by atoms with Gasteiger partial charge in [-0.3, -0.25) is 9.48 Å². The van der Waals surface area contributed by atoms with E-state index in [4.69, 9.17) is 4.74 Å². The fraction of sp³-hybridized carbons (Fsp3) is 0.550. The number of hydrogen-bond donors (Lipinski definition) is 1. The molecule has 1 atom stereocenters. The first-order valence-electron chi connectivity index (χ1n) is 10.4. The van der Waals surface area contributed by atoms with E-state index >= 15 is 0 Å². The normalized spacial score (nSPS) is 19.1. The summed E-state index contributed by atoms with van der Waals surface area (Å²) < 4.78 is 9.12. The van der Waals surface area contributed by atoms with Crippen molar-refractivity contribution in [1.29, 1.82) is 0 Å². The summed E-state index contributed by atoms with van der Waals surface area (Å²) >= 11 is 0. The number of aryl methyl sites for hydroxylation is 2. The number of morpholine rings is 1. The number of carbonyl (C=O) groups is 1. The monoisotopic (exact) mass is 410 g/mol. The van der Waals surface area contributed by atoms with Crippen molar-refractivity contribution in [2.45, 2.75) is 33.2 Å². The highest BCUT2D eigenvalue weighted by molar-refractivity contribution is 5.95. The molecule has 2 aliphatic rings. The Labute approximate surface area is 174 Å². The Bertz CT molecular complexity index is 1080. The Morgan fingerprint density at radius 3 is 2.90 bits per heavy atom. The topological polar surface area (TPSA) is 102 Å². The van der Waals surface area contributed by atoms with E-state index in [9.17, 15) is 4.79 Å². The Hall–Kier alpha value is -3.01. The lowest BCUT2D eigenvalue weighted by molar-refractivity contribution is 0.0301. The fourth-order valence-corrected chi connectivity index (χ4v) is 4.27. The van der Waals surface area contributed by atoms with Gasteiger partial charge in [0.1, 0.15) is 12.1 Å². The summed E-state index contributed by atoms with van der Waals surface area (Å²) in [7, 11) is 0. The molecule has 5 rings (SSSR count). The number of amides is 1. The number of nitrogens with zero attached hydrogens (tertiary/aromatic N) is 7. The molecule has 0 aromatic carbocycles. The summed E-state index contributed by atoms with van der Waals surface area (Å²) in [6.07, 6.45) is 5.09. The van der Waals surface area contributed by atoms with Gasteiger partial charge in [-0.1, -0.05) is 0 Å². The molecule has 5 heterocycles. The molecule has 10 heteroatoms. The quantitative estimate of drug-likeness (QED) is 0.687.